The highest BCUT2D eigenvalue weighted by atomic mass is 35.5. The van der Waals surface area contributed by atoms with E-state index >= 15 is 0 Å². The number of phenols is 1. The first-order valence-corrected chi connectivity index (χ1v) is 6.12. The molecule has 1 aromatic carbocycles. The fraction of sp³-hybridized carbons (Fsp3) is 0.429. The summed E-state index contributed by atoms with van der Waals surface area (Å²) in [5, 5.41) is 10.00. The molecule has 0 saturated heterocycles. The van der Waals surface area contributed by atoms with Crippen molar-refractivity contribution in [2.24, 2.45) is 5.92 Å². The van der Waals surface area contributed by atoms with Crippen LogP contribution in [-0.2, 0) is 0 Å². The lowest BCUT2D eigenvalue weighted by molar-refractivity contribution is 0.156. The maximum Gasteiger partial charge on any atom is 0.137 e. The molecule has 0 bridgehead atoms. The van der Waals surface area contributed by atoms with Crippen LogP contribution < -0.4 is 4.74 Å². The molecule has 0 aromatic heterocycles. The first-order chi connectivity index (χ1) is 7.80. The molecule has 0 amide bonds. The normalized spacial score (nSPS) is 17.4. The average Bonchev–Trinajstić information content (AvgIpc) is 2.18. The maximum atomic E-state index is 9.64. The summed E-state index contributed by atoms with van der Waals surface area (Å²) in [7, 11) is 0. The van der Waals surface area contributed by atoms with Crippen molar-refractivity contribution in [1.29, 1.82) is 0 Å². The molecule has 0 atom stereocenters. The molecule has 1 aromatic rings. The zero-order valence-electron chi connectivity index (χ0n) is 10.5. The van der Waals surface area contributed by atoms with E-state index in [0.29, 0.717) is 16.7 Å². The summed E-state index contributed by atoms with van der Waals surface area (Å²) in [4.78, 5) is 0. The van der Waals surface area contributed by atoms with E-state index in [1.54, 1.807) is 12.1 Å². The second-order valence-corrected chi connectivity index (χ2v) is 5.67. The molecule has 0 unspecified atom stereocenters. The van der Waals surface area contributed by atoms with Crippen molar-refractivity contribution in [1.82, 2.24) is 0 Å². The molecule has 0 aliphatic carbocycles. The zero-order chi connectivity index (χ0) is 12.8. The number of fused-ring (bicyclic) bond motifs is 1. The Morgan fingerprint density at radius 2 is 1.94 bits per heavy atom. The number of hydrogen-bond donors (Lipinski definition) is 1. The number of halogens is 1. The lowest BCUT2D eigenvalue weighted by atomic mass is 9.88. The summed E-state index contributed by atoms with van der Waals surface area (Å²) in [5.74, 6) is 1.15. The van der Waals surface area contributed by atoms with Crippen LogP contribution in [0.4, 0.5) is 0 Å². The average molecular weight is 253 g/mol. The third kappa shape index (κ3) is 2.27. The Balaban J connectivity index is 2.63. The smallest absolute Gasteiger partial charge is 0.137 e. The fourth-order valence-electron chi connectivity index (χ4n) is 2.10. The summed E-state index contributed by atoms with van der Waals surface area (Å²) in [6.07, 6.45) is 2.12. The van der Waals surface area contributed by atoms with E-state index in [0.717, 1.165) is 5.56 Å². The van der Waals surface area contributed by atoms with E-state index < -0.39 is 0 Å². The van der Waals surface area contributed by atoms with Gasteiger partial charge in [-0.15, -0.1) is 0 Å². The van der Waals surface area contributed by atoms with E-state index in [4.69, 9.17) is 16.3 Å². The third-order valence-electron chi connectivity index (χ3n) is 2.86. The van der Waals surface area contributed by atoms with Crippen LogP contribution in [0.15, 0.2) is 18.2 Å². The van der Waals surface area contributed by atoms with Crippen LogP contribution in [0.3, 0.4) is 0 Å². The first-order valence-electron chi connectivity index (χ1n) is 5.75. The van der Waals surface area contributed by atoms with Crippen LogP contribution in [0.5, 0.6) is 11.5 Å². The monoisotopic (exact) mass is 252 g/mol. The lowest BCUT2D eigenvalue weighted by Crippen LogP contribution is -2.29. The molecule has 1 aliphatic heterocycles. The molecule has 0 spiro atoms. The van der Waals surface area contributed by atoms with Crippen molar-refractivity contribution in [3.05, 3.63) is 28.8 Å². The molecule has 1 N–H and O–H groups in total. The Labute approximate surface area is 107 Å². The van der Waals surface area contributed by atoms with E-state index in [9.17, 15) is 5.11 Å². The second-order valence-electron chi connectivity index (χ2n) is 5.26. The van der Waals surface area contributed by atoms with Gasteiger partial charge in [0.25, 0.3) is 0 Å². The molecule has 0 fully saturated rings. The second kappa shape index (κ2) is 3.95. The number of aromatic hydroxyl groups is 1. The minimum absolute atomic E-state index is 0.0613. The van der Waals surface area contributed by atoms with Crippen LogP contribution in [0.1, 0.15) is 33.3 Å². The van der Waals surface area contributed by atoms with Gasteiger partial charge in [-0.25, -0.2) is 0 Å². The van der Waals surface area contributed by atoms with Crippen molar-refractivity contribution in [3.63, 3.8) is 0 Å². The van der Waals surface area contributed by atoms with Gasteiger partial charge in [-0.2, -0.15) is 0 Å². The van der Waals surface area contributed by atoms with Crippen LogP contribution in [0.25, 0.3) is 5.57 Å². The Kier molecular flexibility index (Phi) is 2.86. The molecule has 2 nitrogen and oxygen atoms in total. The van der Waals surface area contributed by atoms with Crippen LogP contribution in [-0.4, -0.2) is 10.7 Å². The van der Waals surface area contributed by atoms with Crippen molar-refractivity contribution < 1.29 is 9.84 Å². The molecule has 0 saturated carbocycles. The summed E-state index contributed by atoms with van der Waals surface area (Å²) >= 11 is 5.95. The van der Waals surface area contributed by atoms with Crippen molar-refractivity contribution in [2.75, 3.05) is 0 Å². The molecule has 1 heterocycles. The van der Waals surface area contributed by atoms with E-state index in [-0.39, 0.29) is 11.4 Å². The van der Waals surface area contributed by atoms with Crippen LogP contribution in [0.2, 0.25) is 5.02 Å². The van der Waals surface area contributed by atoms with Crippen LogP contribution in [0, 0.1) is 5.92 Å². The SMILES string of the molecule is CC(C)C1=CC(C)(C)Oc2cc(O)c(Cl)cc21. The molecule has 92 valence electrons. The number of benzene rings is 1. The van der Waals surface area contributed by atoms with Gasteiger partial charge in [0.1, 0.15) is 17.1 Å². The van der Waals surface area contributed by atoms with Gasteiger partial charge in [0, 0.05) is 11.6 Å². The molecule has 2 rings (SSSR count). The minimum Gasteiger partial charge on any atom is -0.506 e. The van der Waals surface area contributed by atoms with Gasteiger partial charge in [0.05, 0.1) is 5.02 Å². The van der Waals surface area contributed by atoms with Gasteiger partial charge >= 0.3 is 0 Å². The molecule has 0 radical (unpaired) electrons. The number of rotatable bonds is 1. The van der Waals surface area contributed by atoms with Gasteiger partial charge in [-0.3, -0.25) is 0 Å². The van der Waals surface area contributed by atoms with Crippen molar-refractivity contribution >= 4 is 17.2 Å². The standard InChI is InChI=1S/C14H17ClO2/c1-8(2)10-7-14(3,4)17-13-6-12(16)11(15)5-9(10)13/h5-8,16H,1-4H3. The molecular formula is C14H17ClO2. The van der Waals surface area contributed by atoms with Crippen molar-refractivity contribution in [3.8, 4) is 11.5 Å². The maximum absolute atomic E-state index is 9.64. The topological polar surface area (TPSA) is 29.5 Å². The van der Waals surface area contributed by atoms with E-state index in [1.165, 1.54) is 5.57 Å². The highest BCUT2D eigenvalue weighted by Gasteiger charge is 2.28. The molecule has 3 heteroatoms. The van der Waals surface area contributed by atoms with Gasteiger partial charge < -0.3 is 9.84 Å². The van der Waals surface area contributed by atoms with E-state index in [2.05, 4.69) is 19.9 Å². The zero-order valence-corrected chi connectivity index (χ0v) is 11.3. The highest BCUT2D eigenvalue weighted by molar-refractivity contribution is 6.32. The van der Waals surface area contributed by atoms with Crippen LogP contribution >= 0.6 is 11.6 Å². The first kappa shape index (κ1) is 12.3. The number of phenolic OH excluding ortho intramolecular Hbond substituents is 1. The minimum atomic E-state index is -0.354. The molecule has 17 heavy (non-hydrogen) atoms. The Morgan fingerprint density at radius 1 is 1.29 bits per heavy atom. The van der Waals surface area contributed by atoms with Gasteiger partial charge in [-0.1, -0.05) is 25.4 Å². The largest absolute Gasteiger partial charge is 0.506 e. The Bertz CT molecular complexity index is 487. The predicted octanol–water partition coefficient (Wildman–Crippen LogP) is 4.26. The number of allylic oxidation sites excluding steroid dienone is 1. The molecular weight excluding hydrogens is 236 g/mol. The molecule has 1 aliphatic rings. The van der Waals surface area contributed by atoms with Gasteiger partial charge in [-0.05, 0) is 37.5 Å². The predicted molar refractivity (Wildman–Crippen MR) is 70.6 cm³/mol. The summed E-state index contributed by atoms with van der Waals surface area (Å²) in [6.45, 7) is 8.28. The Hall–Kier alpha value is -1.15. The summed E-state index contributed by atoms with van der Waals surface area (Å²) in [5.41, 5.74) is 1.83. The number of ether oxygens (including phenoxy) is 1. The Morgan fingerprint density at radius 3 is 2.53 bits per heavy atom. The van der Waals surface area contributed by atoms with Gasteiger partial charge in [0.2, 0.25) is 0 Å². The lowest BCUT2D eigenvalue weighted by Gasteiger charge is -2.32. The number of hydrogen-bond acceptors (Lipinski definition) is 2. The quantitative estimate of drug-likeness (QED) is 0.809. The fourth-order valence-corrected chi connectivity index (χ4v) is 2.26. The van der Waals surface area contributed by atoms with E-state index in [1.807, 2.05) is 13.8 Å². The summed E-state index contributed by atoms with van der Waals surface area (Å²) < 4.78 is 5.84. The van der Waals surface area contributed by atoms with Gasteiger partial charge in [0.15, 0.2) is 0 Å². The summed E-state index contributed by atoms with van der Waals surface area (Å²) in [6, 6.07) is 3.36. The third-order valence-corrected chi connectivity index (χ3v) is 3.16. The van der Waals surface area contributed by atoms with Crippen molar-refractivity contribution in [2.45, 2.75) is 33.3 Å². The highest BCUT2D eigenvalue weighted by Crippen LogP contribution is 2.43.